The molecule has 0 N–H and O–H groups in total. The van der Waals surface area contributed by atoms with Crippen molar-refractivity contribution < 1.29 is 8.42 Å². The SMILES string of the molecule is CCN(CCBr)c1ccc(S(=O)(=O)N(C)C)cc1. The van der Waals surface area contributed by atoms with Gasteiger partial charge in [0.2, 0.25) is 10.0 Å². The molecule has 0 radical (unpaired) electrons. The van der Waals surface area contributed by atoms with Crippen molar-refractivity contribution in [3.63, 3.8) is 0 Å². The van der Waals surface area contributed by atoms with Crippen molar-refractivity contribution in [3.05, 3.63) is 24.3 Å². The van der Waals surface area contributed by atoms with Gasteiger partial charge >= 0.3 is 0 Å². The minimum atomic E-state index is -3.33. The second kappa shape index (κ2) is 6.54. The van der Waals surface area contributed by atoms with Crippen molar-refractivity contribution in [1.29, 1.82) is 0 Å². The number of anilines is 1. The Balaban J connectivity index is 2.99. The Kier molecular flexibility index (Phi) is 5.62. The van der Waals surface area contributed by atoms with Gasteiger partial charge in [-0.2, -0.15) is 0 Å². The van der Waals surface area contributed by atoms with Crippen LogP contribution in [0.3, 0.4) is 0 Å². The fourth-order valence-electron chi connectivity index (χ4n) is 1.61. The maximum absolute atomic E-state index is 11.9. The van der Waals surface area contributed by atoms with Crippen molar-refractivity contribution in [2.45, 2.75) is 11.8 Å². The smallest absolute Gasteiger partial charge is 0.242 e. The van der Waals surface area contributed by atoms with Gasteiger partial charge in [0.15, 0.2) is 0 Å². The Hall–Kier alpha value is -0.590. The Morgan fingerprint density at radius 1 is 1.17 bits per heavy atom. The molecule has 0 bridgehead atoms. The summed E-state index contributed by atoms with van der Waals surface area (Å²) in [6.45, 7) is 3.87. The third-order valence-corrected chi connectivity index (χ3v) is 4.90. The van der Waals surface area contributed by atoms with Gasteiger partial charge in [-0.1, -0.05) is 15.9 Å². The largest absolute Gasteiger partial charge is 0.371 e. The number of nitrogens with zero attached hydrogens (tertiary/aromatic N) is 2. The lowest BCUT2D eigenvalue weighted by Gasteiger charge is -2.22. The fourth-order valence-corrected chi connectivity index (χ4v) is 2.94. The first-order valence-electron chi connectivity index (χ1n) is 5.77. The predicted molar refractivity (Wildman–Crippen MR) is 79.0 cm³/mol. The highest BCUT2D eigenvalue weighted by atomic mass is 79.9. The third-order valence-electron chi connectivity index (χ3n) is 2.72. The van der Waals surface area contributed by atoms with Gasteiger partial charge in [-0.15, -0.1) is 0 Å². The van der Waals surface area contributed by atoms with E-state index in [2.05, 4.69) is 27.8 Å². The predicted octanol–water partition coefficient (Wildman–Crippen LogP) is 2.16. The number of rotatable bonds is 6. The van der Waals surface area contributed by atoms with Crippen LogP contribution >= 0.6 is 15.9 Å². The molecule has 1 rings (SSSR count). The molecular formula is C12H19BrN2O2S. The maximum Gasteiger partial charge on any atom is 0.242 e. The van der Waals surface area contributed by atoms with E-state index in [-0.39, 0.29) is 0 Å². The number of halogens is 1. The number of hydrogen-bond donors (Lipinski definition) is 0. The number of benzene rings is 1. The Morgan fingerprint density at radius 3 is 2.11 bits per heavy atom. The lowest BCUT2D eigenvalue weighted by molar-refractivity contribution is 0.521. The van der Waals surface area contributed by atoms with Crippen LogP contribution in [0.1, 0.15) is 6.92 Å². The standard InChI is InChI=1S/C12H19BrN2O2S/c1-4-15(10-9-13)11-5-7-12(8-6-11)18(16,17)14(2)3/h5-8H,4,9-10H2,1-3H3. The van der Waals surface area contributed by atoms with Crippen molar-refractivity contribution in [2.24, 2.45) is 0 Å². The zero-order valence-electron chi connectivity index (χ0n) is 10.9. The molecule has 0 aliphatic rings. The highest BCUT2D eigenvalue weighted by Gasteiger charge is 2.17. The van der Waals surface area contributed by atoms with Gasteiger partial charge in [0.25, 0.3) is 0 Å². The van der Waals surface area contributed by atoms with Crippen LogP contribution in [0.15, 0.2) is 29.2 Å². The highest BCUT2D eigenvalue weighted by Crippen LogP contribution is 2.19. The molecule has 0 amide bonds. The summed E-state index contributed by atoms with van der Waals surface area (Å²) in [5.41, 5.74) is 1.04. The summed E-state index contributed by atoms with van der Waals surface area (Å²) in [6, 6.07) is 7.01. The van der Waals surface area contributed by atoms with E-state index in [0.29, 0.717) is 4.90 Å². The number of alkyl halides is 1. The normalized spacial score (nSPS) is 11.8. The molecule has 18 heavy (non-hydrogen) atoms. The molecule has 0 atom stereocenters. The van der Waals surface area contributed by atoms with Crippen LogP contribution < -0.4 is 4.90 Å². The van der Waals surface area contributed by atoms with Crippen LogP contribution in [0.4, 0.5) is 5.69 Å². The van der Waals surface area contributed by atoms with Gasteiger partial charge in [0.05, 0.1) is 4.90 Å². The maximum atomic E-state index is 11.9. The fraction of sp³-hybridized carbons (Fsp3) is 0.500. The first kappa shape index (κ1) is 15.5. The van der Waals surface area contributed by atoms with E-state index in [1.165, 1.54) is 18.4 Å². The molecule has 0 saturated heterocycles. The summed E-state index contributed by atoms with van der Waals surface area (Å²) in [4.78, 5) is 2.51. The minimum Gasteiger partial charge on any atom is -0.371 e. The second-order valence-electron chi connectivity index (χ2n) is 4.05. The van der Waals surface area contributed by atoms with Crippen molar-refractivity contribution in [1.82, 2.24) is 4.31 Å². The second-order valence-corrected chi connectivity index (χ2v) is 6.99. The third kappa shape index (κ3) is 3.46. The summed E-state index contributed by atoms with van der Waals surface area (Å²) < 4.78 is 25.0. The summed E-state index contributed by atoms with van der Waals surface area (Å²) in [6.07, 6.45) is 0. The monoisotopic (exact) mass is 334 g/mol. The summed E-state index contributed by atoms with van der Waals surface area (Å²) >= 11 is 3.41. The zero-order chi connectivity index (χ0) is 13.8. The number of sulfonamides is 1. The molecular weight excluding hydrogens is 316 g/mol. The molecule has 1 aromatic rings. The minimum absolute atomic E-state index is 0.325. The van der Waals surface area contributed by atoms with Crippen LogP contribution in [-0.4, -0.2) is 45.2 Å². The van der Waals surface area contributed by atoms with Crippen molar-refractivity contribution in [2.75, 3.05) is 37.4 Å². The van der Waals surface area contributed by atoms with Gasteiger partial charge in [-0.05, 0) is 31.2 Å². The molecule has 102 valence electrons. The summed E-state index contributed by atoms with van der Waals surface area (Å²) in [5.74, 6) is 0. The van der Waals surface area contributed by atoms with Crippen molar-refractivity contribution in [3.8, 4) is 0 Å². The molecule has 6 heteroatoms. The molecule has 0 aromatic heterocycles. The molecule has 0 unspecified atom stereocenters. The van der Waals surface area contributed by atoms with Crippen molar-refractivity contribution >= 4 is 31.6 Å². The van der Waals surface area contributed by atoms with Crippen LogP contribution in [0.5, 0.6) is 0 Å². The first-order chi connectivity index (χ1) is 8.43. The summed E-state index contributed by atoms with van der Waals surface area (Å²) in [5, 5.41) is 0.887. The van der Waals surface area contributed by atoms with E-state index in [4.69, 9.17) is 0 Å². The molecule has 0 spiro atoms. The van der Waals surface area contributed by atoms with E-state index in [1.807, 2.05) is 12.1 Å². The lowest BCUT2D eigenvalue weighted by Crippen LogP contribution is -2.25. The molecule has 0 aliphatic heterocycles. The van der Waals surface area contributed by atoms with Crippen LogP contribution in [-0.2, 0) is 10.0 Å². The Bertz CT molecular complexity index is 471. The molecule has 0 saturated carbocycles. The lowest BCUT2D eigenvalue weighted by atomic mass is 10.3. The average molecular weight is 335 g/mol. The highest BCUT2D eigenvalue weighted by molar-refractivity contribution is 9.09. The molecule has 0 heterocycles. The Labute approximate surface area is 118 Å². The van der Waals surface area contributed by atoms with Gasteiger partial charge in [-0.3, -0.25) is 0 Å². The number of hydrogen-bond acceptors (Lipinski definition) is 3. The van der Waals surface area contributed by atoms with Gasteiger partial charge in [0, 0.05) is 38.2 Å². The van der Waals surface area contributed by atoms with Gasteiger partial charge < -0.3 is 4.90 Å². The molecule has 1 aromatic carbocycles. The van der Waals surface area contributed by atoms with Crippen LogP contribution in [0.2, 0.25) is 0 Å². The van der Waals surface area contributed by atoms with Crippen LogP contribution in [0.25, 0.3) is 0 Å². The zero-order valence-corrected chi connectivity index (χ0v) is 13.3. The van der Waals surface area contributed by atoms with E-state index >= 15 is 0 Å². The van der Waals surface area contributed by atoms with E-state index in [0.717, 1.165) is 24.1 Å². The molecule has 0 fully saturated rings. The van der Waals surface area contributed by atoms with E-state index in [1.54, 1.807) is 12.1 Å². The van der Waals surface area contributed by atoms with E-state index < -0.39 is 10.0 Å². The molecule has 4 nitrogen and oxygen atoms in total. The summed E-state index contributed by atoms with van der Waals surface area (Å²) in [7, 11) is -0.265. The van der Waals surface area contributed by atoms with E-state index in [9.17, 15) is 8.42 Å². The van der Waals surface area contributed by atoms with Gasteiger partial charge in [0.1, 0.15) is 0 Å². The van der Waals surface area contributed by atoms with Gasteiger partial charge in [-0.25, -0.2) is 12.7 Å². The Morgan fingerprint density at radius 2 is 1.72 bits per heavy atom. The first-order valence-corrected chi connectivity index (χ1v) is 8.33. The van der Waals surface area contributed by atoms with Crippen LogP contribution in [0, 0.1) is 0 Å². The quantitative estimate of drug-likeness (QED) is 0.748. The average Bonchev–Trinajstić information content (AvgIpc) is 2.36. The molecule has 0 aliphatic carbocycles. The topological polar surface area (TPSA) is 40.6 Å².